The number of aromatic hydroxyl groups is 1. The Morgan fingerprint density at radius 3 is 3.10 bits per heavy atom. The number of amides is 2. The Hall–Kier alpha value is -2.11. The number of hydrogen-bond acceptors (Lipinski definition) is 4. The van der Waals surface area contributed by atoms with Crippen LogP contribution >= 0.6 is 0 Å². The van der Waals surface area contributed by atoms with E-state index < -0.39 is 6.04 Å². The van der Waals surface area contributed by atoms with E-state index in [1.165, 1.54) is 6.20 Å². The molecule has 2 rings (SSSR count). The molecule has 6 nitrogen and oxygen atoms in total. The van der Waals surface area contributed by atoms with Gasteiger partial charge in [0.1, 0.15) is 11.8 Å². The van der Waals surface area contributed by atoms with Gasteiger partial charge in [0, 0.05) is 19.2 Å². The van der Waals surface area contributed by atoms with Crippen LogP contribution < -0.4 is 10.6 Å². The van der Waals surface area contributed by atoms with Gasteiger partial charge in [-0.2, -0.15) is 0 Å². The van der Waals surface area contributed by atoms with Gasteiger partial charge in [-0.25, -0.2) is 0 Å². The van der Waals surface area contributed by atoms with E-state index in [1.54, 1.807) is 12.3 Å². The normalized spacial score (nSPS) is 19.0. The number of carbonyl (C=O) groups is 2. The van der Waals surface area contributed by atoms with Gasteiger partial charge in [-0.05, 0) is 30.9 Å². The van der Waals surface area contributed by atoms with Crippen LogP contribution in [0, 0.1) is 0 Å². The molecule has 0 radical (unpaired) electrons. The molecule has 1 aromatic heterocycles. The largest absolute Gasteiger partial charge is 0.506 e. The summed E-state index contributed by atoms with van der Waals surface area (Å²) in [7, 11) is 0. The molecule has 1 aromatic rings. The van der Waals surface area contributed by atoms with Crippen molar-refractivity contribution in [3.05, 3.63) is 24.0 Å². The number of nitrogens with one attached hydrogen (secondary N) is 2. The van der Waals surface area contributed by atoms with Crippen LogP contribution in [0.25, 0.3) is 0 Å². The summed E-state index contributed by atoms with van der Waals surface area (Å²) in [6.45, 7) is 0.455. The van der Waals surface area contributed by atoms with Gasteiger partial charge in [0.25, 0.3) is 0 Å². The SMILES string of the molecule is O=C1CCCC[C@@H](C(=O)NCCc2cncc(O)c2)N1. The quantitative estimate of drug-likeness (QED) is 0.747. The lowest BCUT2D eigenvalue weighted by atomic mass is 10.1. The molecule has 0 saturated carbocycles. The molecule has 1 aliphatic rings. The van der Waals surface area contributed by atoms with Gasteiger partial charge in [0.05, 0.1) is 6.20 Å². The standard InChI is InChI=1S/C14H19N3O3/c18-11-7-10(8-15-9-11)5-6-16-14(20)12-3-1-2-4-13(19)17-12/h7-9,12,18H,1-6H2,(H,16,20)(H,17,19)/t12-/m0/s1. The molecule has 6 heteroatoms. The van der Waals surface area contributed by atoms with Crippen LogP contribution in [0.1, 0.15) is 31.2 Å². The minimum absolute atomic E-state index is 0.0557. The molecule has 0 unspecified atom stereocenters. The Morgan fingerprint density at radius 2 is 2.30 bits per heavy atom. The second kappa shape index (κ2) is 6.88. The first-order valence-corrected chi connectivity index (χ1v) is 6.85. The van der Waals surface area contributed by atoms with Crippen molar-refractivity contribution in [2.75, 3.05) is 6.54 Å². The van der Waals surface area contributed by atoms with E-state index in [-0.39, 0.29) is 17.6 Å². The second-order valence-electron chi connectivity index (χ2n) is 4.96. The molecule has 2 heterocycles. The Balaban J connectivity index is 1.78. The Bertz CT molecular complexity index is 490. The highest BCUT2D eigenvalue weighted by Crippen LogP contribution is 2.10. The smallest absolute Gasteiger partial charge is 0.242 e. The minimum Gasteiger partial charge on any atom is -0.506 e. The highest BCUT2D eigenvalue weighted by molar-refractivity contribution is 5.87. The number of carbonyl (C=O) groups excluding carboxylic acids is 2. The summed E-state index contributed by atoms with van der Waals surface area (Å²) in [6.07, 6.45) is 6.51. The van der Waals surface area contributed by atoms with Gasteiger partial charge >= 0.3 is 0 Å². The van der Waals surface area contributed by atoms with Gasteiger partial charge < -0.3 is 15.7 Å². The lowest BCUT2D eigenvalue weighted by Crippen LogP contribution is -2.46. The summed E-state index contributed by atoms with van der Waals surface area (Å²) in [5, 5.41) is 14.8. The van der Waals surface area contributed by atoms with Crippen LogP contribution in [-0.4, -0.2) is 34.5 Å². The van der Waals surface area contributed by atoms with Crippen LogP contribution in [0.2, 0.25) is 0 Å². The Kier molecular flexibility index (Phi) is 4.92. The van der Waals surface area contributed by atoms with Crippen molar-refractivity contribution in [2.45, 2.75) is 38.1 Å². The summed E-state index contributed by atoms with van der Waals surface area (Å²) < 4.78 is 0. The molecule has 2 amide bonds. The maximum atomic E-state index is 12.0. The predicted octanol–water partition coefficient (Wildman–Crippen LogP) is 0.505. The monoisotopic (exact) mass is 277 g/mol. The summed E-state index contributed by atoms with van der Waals surface area (Å²) in [5.41, 5.74) is 0.857. The molecule has 0 aromatic carbocycles. The first-order valence-electron chi connectivity index (χ1n) is 6.85. The van der Waals surface area contributed by atoms with Crippen molar-refractivity contribution >= 4 is 11.8 Å². The number of nitrogens with zero attached hydrogens (tertiary/aromatic N) is 1. The van der Waals surface area contributed by atoms with Crippen LogP contribution in [-0.2, 0) is 16.0 Å². The third-order valence-electron chi connectivity index (χ3n) is 3.29. The molecule has 0 bridgehead atoms. The fourth-order valence-corrected chi connectivity index (χ4v) is 2.23. The van der Waals surface area contributed by atoms with E-state index in [1.807, 2.05) is 0 Å². The van der Waals surface area contributed by atoms with Crippen molar-refractivity contribution in [2.24, 2.45) is 0 Å². The molecular formula is C14H19N3O3. The van der Waals surface area contributed by atoms with Crippen LogP contribution in [0.15, 0.2) is 18.5 Å². The molecular weight excluding hydrogens is 258 g/mol. The number of hydrogen-bond donors (Lipinski definition) is 3. The summed E-state index contributed by atoms with van der Waals surface area (Å²) in [6, 6.07) is 1.19. The lowest BCUT2D eigenvalue weighted by molar-refractivity contribution is -0.128. The van der Waals surface area contributed by atoms with Gasteiger partial charge in [-0.3, -0.25) is 14.6 Å². The first kappa shape index (κ1) is 14.3. The summed E-state index contributed by atoms with van der Waals surface area (Å²) in [5.74, 6) is -0.0851. The first-order chi connectivity index (χ1) is 9.65. The average molecular weight is 277 g/mol. The second-order valence-corrected chi connectivity index (χ2v) is 4.96. The topological polar surface area (TPSA) is 91.3 Å². The molecule has 3 N–H and O–H groups in total. The third-order valence-corrected chi connectivity index (χ3v) is 3.29. The van der Waals surface area contributed by atoms with Gasteiger partial charge in [0.2, 0.25) is 11.8 Å². The van der Waals surface area contributed by atoms with Crippen LogP contribution in [0.5, 0.6) is 5.75 Å². The molecule has 108 valence electrons. The summed E-state index contributed by atoms with van der Waals surface area (Å²) in [4.78, 5) is 27.2. The molecule has 20 heavy (non-hydrogen) atoms. The highest BCUT2D eigenvalue weighted by atomic mass is 16.3. The Labute approximate surface area is 117 Å². The van der Waals surface area contributed by atoms with Crippen molar-refractivity contribution in [3.8, 4) is 5.75 Å². The van der Waals surface area contributed by atoms with E-state index in [9.17, 15) is 14.7 Å². The highest BCUT2D eigenvalue weighted by Gasteiger charge is 2.22. The van der Waals surface area contributed by atoms with Crippen LogP contribution in [0.3, 0.4) is 0 Å². The Morgan fingerprint density at radius 1 is 1.45 bits per heavy atom. The molecule has 0 spiro atoms. The molecule has 1 fully saturated rings. The van der Waals surface area contributed by atoms with Gasteiger partial charge in [0.15, 0.2) is 0 Å². The fourth-order valence-electron chi connectivity index (χ4n) is 2.23. The number of pyridine rings is 1. The van der Waals surface area contributed by atoms with E-state index >= 15 is 0 Å². The molecule has 1 aliphatic heterocycles. The van der Waals surface area contributed by atoms with E-state index in [4.69, 9.17) is 0 Å². The molecule has 0 aliphatic carbocycles. The molecule has 1 saturated heterocycles. The average Bonchev–Trinajstić information content (AvgIpc) is 2.63. The van der Waals surface area contributed by atoms with Crippen LogP contribution in [0.4, 0.5) is 0 Å². The number of aromatic nitrogens is 1. The van der Waals surface area contributed by atoms with Crippen molar-refractivity contribution in [1.29, 1.82) is 0 Å². The minimum atomic E-state index is -0.424. The maximum Gasteiger partial charge on any atom is 0.242 e. The van der Waals surface area contributed by atoms with Crippen molar-refractivity contribution in [3.63, 3.8) is 0 Å². The van der Waals surface area contributed by atoms with E-state index in [0.29, 0.717) is 25.8 Å². The lowest BCUT2D eigenvalue weighted by Gasteiger charge is -2.15. The zero-order valence-corrected chi connectivity index (χ0v) is 11.3. The molecule has 1 atom stereocenters. The van der Waals surface area contributed by atoms with E-state index in [0.717, 1.165) is 18.4 Å². The number of rotatable bonds is 4. The third kappa shape index (κ3) is 4.22. The fraction of sp³-hybridized carbons (Fsp3) is 0.500. The van der Waals surface area contributed by atoms with E-state index in [2.05, 4.69) is 15.6 Å². The summed E-state index contributed by atoms with van der Waals surface area (Å²) >= 11 is 0. The zero-order chi connectivity index (χ0) is 14.4. The van der Waals surface area contributed by atoms with Crippen molar-refractivity contribution < 1.29 is 14.7 Å². The zero-order valence-electron chi connectivity index (χ0n) is 11.3. The van der Waals surface area contributed by atoms with Gasteiger partial charge in [-0.15, -0.1) is 0 Å². The maximum absolute atomic E-state index is 12.0. The van der Waals surface area contributed by atoms with Crippen molar-refractivity contribution in [1.82, 2.24) is 15.6 Å². The predicted molar refractivity (Wildman–Crippen MR) is 73.0 cm³/mol. The van der Waals surface area contributed by atoms with Gasteiger partial charge in [-0.1, -0.05) is 6.42 Å².